The summed E-state index contributed by atoms with van der Waals surface area (Å²) < 4.78 is 16.9. The van der Waals surface area contributed by atoms with E-state index in [1.165, 1.54) is 0 Å². The van der Waals surface area contributed by atoms with E-state index in [0.29, 0.717) is 18.9 Å². The van der Waals surface area contributed by atoms with Crippen LogP contribution in [0.15, 0.2) is 70.5 Å². The molecular formula is C30H30ClNO5S. The molecule has 1 aliphatic heterocycles. The molecule has 1 N–H and O–H groups in total. The summed E-state index contributed by atoms with van der Waals surface area (Å²) in [5.74, 6) is 6.92. The van der Waals surface area contributed by atoms with E-state index in [-0.39, 0.29) is 6.61 Å². The molecule has 1 saturated heterocycles. The summed E-state index contributed by atoms with van der Waals surface area (Å²) in [6.45, 7) is 6.06. The standard InChI is InChI=1S/C30H30ClNO5S/c1-22-17-27(8-9-29(22)37-21-30(33)34)38-28-19-24(3-2-11-32-12-15-35-16-13-32)18-26(20-28)36-14-10-23-4-6-25(31)7-5-23/h4-9,17-20H,10-16,21H2,1H3,(H,33,34). The third kappa shape index (κ3) is 9.00. The number of aliphatic carboxylic acids is 1. The largest absolute Gasteiger partial charge is 0.493 e. The van der Waals surface area contributed by atoms with Crippen molar-refractivity contribution in [3.05, 3.63) is 82.4 Å². The van der Waals surface area contributed by atoms with E-state index < -0.39 is 5.97 Å². The topological polar surface area (TPSA) is 68.2 Å². The van der Waals surface area contributed by atoms with Crippen LogP contribution in [0.5, 0.6) is 11.5 Å². The van der Waals surface area contributed by atoms with Gasteiger partial charge >= 0.3 is 5.97 Å². The Balaban J connectivity index is 1.48. The Bertz CT molecular complexity index is 1300. The van der Waals surface area contributed by atoms with Gasteiger partial charge in [0.15, 0.2) is 6.61 Å². The molecule has 1 fully saturated rings. The van der Waals surface area contributed by atoms with Gasteiger partial charge in [-0.25, -0.2) is 4.79 Å². The first-order valence-electron chi connectivity index (χ1n) is 12.4. The Hall–Kier alpha value is -3.15. The van der Waals surface area contributed by atoms with Crippen molar-refractivity contribution in [1.82, 2.24) is 4.90 Å². The minimum atomic E-state index is -1.00. The first-order chi connectivity index (χ1) is 18.4. The zero-order valence-corrected chi connectivity index (χ0v) is 22.8. The van der Waals surface area contributed by atoms with E-state index in [4.69, 9.17) is 30.9 Å². The molecule has 0 aromatic heterocycles. The second kappa shape index (κ2) is 14.1. The van der Waals surface area contributed by atoms with Gasteiger partial charge in [0.2, 0.25) is 0 Å². The molecule has 0 amide bonds. The number of rotatable bonds is 10. The molecule has 1 heterocycles. The van der Waals surface area contributed by atoms with Crippen LogP contribution >= 0.6 is 23.4 Å². The highest BCUT2D eigenvalue weighted by molar-refractivity contribution is 7.99. The Kier molecular flexibility index (Phi) is 10.4. The van der Waals surface area contributed by atoms with Crippen molar-refractivity contribution < 1.29 is 24.1 Å². The van der Waals surface area contributed by atoms with Gasteiger partial charge in [0.1, 0.15) is 11.5 Å². The number of aryl methyl sites for hydroxylation is 1. The molecule has 3 aromatic rings. The molecule has 6 nitrogen and oxygen atoms in total. The summed E-state index contributed by atoms with van der Waals surface area (Å²) >= 11 is 7.59. The molecule has 8 heteroatoms. The smallest absolute Gasteiger partial charge is 0.341 e. The number of nitrogens with zero attached hydrogens (tertiary/aromatic N) is 1. The van der Waals surface area contributed by atoms with Gasteiger partial charge in [-0.2, -0.15) is 0 Å². The van der Waals surface area contributed by atoms with Crippen LogP contribution in [0.2, 0.25) is 5.02 Å². The Morgan fingerprint density at radius 1 is 1.05 bits per heavy atom. The number of halogens is 1. The zero-order chi connectivity index (χ0) is 26.7. The molecule has 3 aromatic carbocycles. The predicted molar refractivity (Wildman–Crippen MR) is 150 cm³/mol. The monoisotopic (exact) mass is 551 g/mol. The van der Waals surface area contributed by atoms with Gasteiger partial charge in [0.25, 0.3) is 0 Å². The molecule has 0 saturated carbocycles. The normalized spacial score (nSPS) is 13.4. The third-order valence-corrected chi connectivity index (χ3v) is 7.04. The lowest BCUT2D eigenvalue weighted by Gasteiger charge is -2.24. The van der Waals surface area contributed by atoms with E-state index in [9.17, 15) is 4.79 Å². The van der Waals surface area contributed by atoms with E-state index in [2.05, 4.69) is 22.8 Å². The summed E-state index contributed by atoms with van der Waals surface area (Å²) in [6, 6.07) is 19.6. The van der Waals surface area contributed by atoms with Crippen LogP contribution in [0, 0.1) is 18.8 Å². The number of hydrogen-bond donors (Lipinski definition) is 1. The molecule has 38 heavy (non-hydrogen) atoms. The molecule has 4 rings (SSSR count). The van der Waals surface area contributed by atoms with Gasteiger partial charge in [-0.05, 0) is 66.6 Å². The molecule has 0 aliphatic carbocycles. The molecule has 0 spiro atoms. The summed E-state index contributed by atoms with van der Waals surface area (Å²) in [5, 5.41) is 9.59. The second-order valence-corrected chi connectivity index (χ2v) is 10.4. The van der Waals surface area contributed by atoms with Gasteiger partial charge in [0.05, 0.1) is 26.4 Å². The number of hydrogen-bond acceptors (Lipinski definition) is 6. The molecular weight excluding hydrogens is 522 g/mol. The van der Waals surface area contributed by atoms with Crippen LogP contribution < -0.4 is 9.47 Å². The predicted octanol–water partition coefficient (Wildman–Crippen LogP) is 5.57. The SMILES string of the molecule is Cc1cc(Sc2cc(C#CCN3CCOCC3)cc(OCCc3ccc(Cl)cc3)c2)ccc1OCC(=O)O. The number of carboxylic acids is 1. The van der Waals surface area contributed by atoms with Crippen molar-refractivity contribution in [2.24, 2.45) is 0 Å². The van der Waals surface area contributed by atoms with Gasteiger partial charge in [-0.3, -0.25) is 4.90 Å². The van der Waals surface area contributed by atoms with Crippen molar-refractivity contribution >= 4 is 29.3 Å². The Morgan fingerprint density at radius 3 is 2.58 bits per heavy atom. The lowest BCUT2D eigenvalue weighted by Crippen LogP contribution is -2.36. The van der Waals surface area contributed by atoms with Crippen molar-refractivity contribution in [3.63, 3.8) is 0 Å². The average Bonchev–Trinajstić information content (AvgIpc) is 2.90. The lowest BCUT2D eigenvalue weighted by atomic mass is 10.2. The van der Waals surface area contributed by atoms with E-state index in [1.54, 1.807) is 17.8 Å². The Labute approximate surface area is 232 Å². The van der Waals surface area contributed by atoms with E-state index >= 15 is 0 Å². The zero-order valence-electron chi connectivity index (χ0n) is 21.2. The number of benzene rings is 3. The van der Waals surface area contributed by atoms with Crippen molar-refractivity contribution in [2.75, 3.05) is 46.1 Å². The summed E-state index contributed by atoms with van der Waals surface area (Å²) in [5.41, 5.74) is 2.92. The summed E-state index contributed by atoms with van der Waals surface area (Å²) in [7, 11) is 0. The van der Waals surface area contributed by atoms with Crippen molar-refractivity contribution in [3.8, 4) is 23.3 Å². The number of carboxylic acid groups (broad SMARTS) is 1. The first-order valence-corrected chi connectivity index (χ1v) is 13.6. The maximum absolute atomic E-state index is 10.8. The van der Waals surface area contributed by atoms with Crippen LogP contribution in [-0.4, -0.2) is 62.0 Å². The molecule has 0 radical (unpaired) electrons. The highest BCUT2D eigenvalue weighted by atomic mass is 35.5. The lowest BCUT2D eigenvalue weighted by molar-refractivity contribution is -0.139. The summed E-state index contributed by atoms with van der Waals surface area (Å²) in [4.78, 5) is 15.1. The van der Waals surface area contributed by atoms with Gasteiger partial charge in [-0.1, -0.05) is 47.3 Å². The van der Waals surface area contributed by atoms with Gasteiger partial charge in [-0.15, -0.1) is 0 Å². The van der Waals surface area contributed by atoms with Crippen molar-refractivity contribution in [2.45, 2.75) is 23.1 Å². The second-order valence-electron chi connectivity index (χ2n) is 8.82. The van der Waals surface area contributed by atoms with Crippen LogP contribution in [0.1, 0.15) is 16.7 Å². The van der Waals surface area contributed by atoms with Crippen LogP contribution in [0.3, 0.4) is 0 Å². The molecule has 0 bridgehead atoms. The van der Waals surface area contributed by atoms with Crippen LogP contribution in [0.25, 0.3) is 0 Å². The highest BCUT2D eigenvalue weighted by Crippen LogP contribution is 2.34. The number of carbonyl (C=O) groups is 1. The first kappa shape index (κ1) is 27.9. The summed E-state index contributed by atoms with van der Waals surface area (Å²) in [6.07, 6.45) is 0.767. The third-order valence-electron chi connectivity index (χ3n) is 5.83. The number of morpholine rings is 1. The molecule has 0 atom stereocenters. The minimum Gasteiger partial charge on any atom is -0.493 e. The highest BCUT2D eigenvalue weighted by Gasteiger charge is 2.09. The molecule has 1 aliphatic rings. The van der Waals surface area contributed by atoms with E-state index in [0.717, 1.165) is 70.0 Å². The van der Waals surface area contributed by atoms with Crippen LogP contribution in [-0.2, 0) is 16.0 Å². The fourth-order valence-electron chi connectivity index (χ4n) is 3.86. The molecule has 0 unspecified atom stereocenters. The maximum Gasteiger partial charge on any atom is 0.341 e. The Morgan fingerprint density at radius 2 is 1.84 bits per heavy atom. The average molecular weight is 552 g/mol. The van der Waals surface area contributed by atoms with E-state index in [1.807, 2.05) is 55.5 Å². The minimum absolute atomic E-state index is 0.366. The number of ether oxygens (including phenoxy) is 3. The van der Waals surface area contributed by atoms with Gasteiger partial charge in [0, 0.05) is 39.9 Å². The molecule has 198 valence electrons. The fourth-order valence-corrected chi connectivity index (χ4v) is 4.99. The van der Waals surface area contributed by atoms with Gasteiger partial charge < -0.3 is 19.3 Å². The fraction of sp³-hybridized carbons (Fsp3) is 0.300. The quantitative estimate of drug-likeness (QED) is 0.330. The van der Waals surface area contributed by atoms with Crippen LogP contribution in [0.4, 0.5) is 0 Å². The maximum atomic E-state index is 10.8. The van der Waals surface area contributed by atoms with Crippen molar-refractivity contribution in [1.29, 1.82) is 0 Å².